The smallest absolute Gasteiger partial charge is 0.266 e. The standard InChI is InChI=1S/C20H13N3O4S/c24-18-8-27-17-6-5-12(15-9-28-10-21-15)7-16(17)22(18)11-23-19(25)13-3-1-2-4-14(13)20(23)26/h1-7,9-10H,8,11H2. The highest BCUT2D eigenvalue weighted by molar-refractivity contribution is 7.07. The number of carbonyl (C=O) groups is 3. The molecule has 3 aromatic rings. The first-order chi connectivity index (χ1) is 13.6. The van der Waals surface area contributed by atoms with Gasteiger partial charge < -0.3 is 4.74 Å². The number of amides is 3. The van der Waals surface area contributed by atoms with Gasteiger partial charge in [-0.15, -0.1) is 11.3 Å². The first-order valence-corrected chi connectivity index (χ1v) is 9.49. The highest BCUT2D eigenvalue weighted by Crippen LogP contribution is 2.36. The molecule has 7 nitrogen and oxygen atoms in total. The van der Waals surface area contributed by atoms with Crippen molar-refractivity contribution in [1.29, 1.82) is 0 Å². The third-order valence-electron chi connectivity index (χ3n) is 4.79. The number of carbonyl (C=O) groups excluding carboxylic acids is 3. The second-order valence-corrected chi connectivity index (χ2v) is 7.11. The number of anilines is 1. The molecule has 0 bridgehead atoms. The summed E-state index contributed by atoms with van der Waals surface area (Å²) in [6.45, 7) is -0.311. The van der Waals surface area contributed by atoms with Gasteiger partial charge in [-0.1, -0.05) is 12.1 Å². The topological polar surface area (TPSA) is 79.8 Å². The Kier molecular flexibility index (Phi) is 3.73. The van der Waals surface area contributed by atoms with Gasteiger partial charge in [0, 0.05) is 10.9 Å². The van der Waals surface area contributed by atoms with Gasteiger partial charge in [0.25, 0.3) is 17.7 Å². The van der Waals surface area contributed by atoms with E-state index >= 15 is 0 Å². The monoisotopic (exact) mass is 391 g/mol. The molecule has 0 aliphatic carbocycles. The van der Waals surface area contributed by atoms with Crippen LogP contribution in [0, 0.1) is 0 Å². The minimum atomic E-state index is -0.405. The Morgan fingerprint density at radius 1 is 1.00 bits per heavy atom. The van der Waals surface area contributed by atoms with E-state index in [1.54, 1.807) is 41.9 Å². The third-order valence-corrected chi connectivity index (χ3v) is 5.38. The number of imide groups is 1. The van der Waals surface area contributed by atoms with Crippen LogP contribution in [-0.4, -0.2) is 40.9 Å². The summed E-state index contributed by atoms with van der Waals surface area (Å²) in [5.41, 5.74) is 4.55. The Bertz CT molecular complexity index is 1090. The zero-order valence-corrected chi connectivity index (χ0v) is 15.3. The molecule has 3 heterocycles. The van der Waals surface area contributed by atoms with E-state index in [0.717, 1.165) is 16.2 Å². The summed E-state index contributed by atoms with van der Waals surface area (Å²) in [6, 6.07) is 12.1. The summed E-state index contributed by atoms with van der Waals surface area (Å²) >= 11 is 1.47. The zero-order valence-electron chi connectivity index (χ0n) is 14.5. The molecule has 2 aromatic carbocycles. The van der Waals surface area contributed by atoms with Crippen LogP contribution in [0.4, 0.5) is 5.69 Å². The summed E-state index contributed by atoms with van der Waals surface area (Å²) in [5.74, 6) is -0.608. The van der Waals surface area contributed by atoms with Gasteiger partial charge in [-0.2, -0.15) is 0 Å². The van der Waals surface area contributed by atoms with E-state index in [9.17, 15) is 14.4 Å². The third kappa shape index (κ3) is 2.49. The average Bonchev–Trinajstić information content (AvgIpc) is 3.33. The Morgan fingerprint density at radius 2 is 1.75 bits per heavy atom. The van der Waals surface area contributed by atoms with Gasteiger partial charge in [0.05, 0.1) is 28.0 Å². The number of benzene rings is 2. The quantitative estimate of drug-likeness (QED) is 0.642. The first kappa shape index (κ1) is 16.6. The van der Waals surface area contributed by atoms with Crippen molar-refractivity contribution in [3.63, 3.8) is 0 Å². The zero-order chi connectivity index (χ0) is 19.3. The Hall–Kier alpha value is -3.52. The van der Waals surface area contributed by atoms with E-state index in [2.05, 4.69) is 4.98 Å². The van der Waals surface area contributed by atoms with Gasteiger partial charge in [0.15, 0.2) is 6.61 Å². The van der Waals surface area contributed by atoms with Crippen LogP contribution < -0.4 is 9.64 Å². The first-order valence-electron chi connectivity index (χ1n) is 8.54. The summed E-state index contributed by atoms with van der Waals surface area (Å²) in [7, 11) is 0. The maximum Gasteiger partial charge on any atom is 0.266 e. The van der Waals surface area contributed by atoms with Crippen LogP contribution in [0.2, 0.25) is 0 Å². The molecule has 138 valence electrons. The molecule has 5 rings (SSSR count). The molecule has 0 N–H and O–H groups in total. The molecule has 1 aromatic heterocycles. The van der Waals surface area contributed by atoms with Gasteiger partial charge in [0.2, 0.25) is 0 Å². The second-order valence-electron chi connectivity index (χ2n) is 6.39. The maximum atomic E-state index is 12.7. The molecular formula is C20H13N3O4S. The molecule has 8 heteroatoms. The lowest BCUT2D eigenvalue weighted by Crippen LogP contribution is -2.47. The lowest BCUT2D eigenvalue weighted by Gasteiger charge is -2.32. The maximum absolute atomic E-state index is 12.7. The summed E-state index contributed by atoms with van der Waals surface area (Å²) < 4.78 is 5.52. The Balaban J connectivity index is 1.52. The molecule has 2 aliphatic rings. The molecule has 0 atom stereocenters. The number of ether oxygens (including phenoxy) is 1. The van der Waals surface area contributed by atoms with Crippen molar-refractivity contribution >= 4 is 34.7 Å². The number of nitrogens with zero attached hydrogens (tertiary/aromatic N) is 3. The normalized spacial score (nSPS) is 15.5. The average molecular weight is 391 g/mol. The van der Waals surface area contributed by atoms with E-state index < -0.39 is 11.8 Å². The van der Waals surface area contributed by atoms with Crippen molar-refractivity contribution in [1.82, 2.24) is 9.88 Å². The highest BCUT2D eigenvalue weighted by atomic mass is 32.1. The van der Waals surface area contributed by atoms with Crippen LogP contribution in [0.1, 0.15) is 20.7 Å². The molecule has 28 heavy (non-hydrogen) atoms. The summed E-state index contributed by atoms with van der Waals surface area (Å²) in [4.78, 5) is 44.7. The predicted octanol–water partition coefficient (Wildman–Crippen LogP) is 2.79. The van der Waals surface area contributed by atoms with Crippen LogP contribution in [0.5, 0.6) is 5.75 Å². The number of thiazole rings is 1. The lowest BCUT2D eigenvalue weighted by atomic mass is 10.1. The van der Waals surface area contributed by atoms with Crippen molar-refractivity contribution < 1.29 is 19.1 Å². The largest absolute Gasteiger partial charge is 0.482 e. The second kappa shape index (κ2) is 6.28. The Labute approximate surface area is 163 Å². The molecule has 0 unspecified atom stereocenters. The molecule has 2 aliphatic heterocycles. The van der Waals surface area contributed by atoms with Crippen LogP contribution in [0.15, 0.2) is 53.4 Å². The van der Waals surface area contributed by atoms with Crippen molar-refractivity contribution in [2.24, 2.45) is 0 Å². The SMILES string of the molecule is O=C1c2ccccc2C(=O)N1CN1C(=O)COc2ccc(-c3cscn3)cc21. The van der Waals surface area contributed by atoms with Crippen molar-refractivity contribution in [3.8, 4) is 17.0 Å². The molecule has 3 amide bonds. The van der Waals surface area contributed by atoms with Crippen LogP contribution in [0.25, 0.3) is 11.3 Å². The minimum Gasteiger partial charge on any atom is -0.482 e. The van der Waals surface area contributed by atoms with Gasteiger partial charge >= 0.3 is 0 Å². The van der Waals surface area contributed by atoms with Crippen LogP contribution in [0.3, 0.4) is 0 Å². The number of rotatable bonds is 3. The number of hydrogen-bond acceptors (Lipinski definition) is 6. The fourth-order valence-electron chi connectivity index (χ4n) is 3.38. The Morgan fingerprint density at radius 3 is 2.43 bits per heavy atom. The highest BCUT2D eigenvalue weighted by Gasteiger charge is 2.38. The van der Waals surface area contributed by atoms with Crippen molar-refractivity contribution in [2.75, 3.05) is 18.2 Å². The molecular weight excluding hydrogens is 378 g/mol. The lowest BCUT2D eigenvalue weighted by molar-refractivity contribution is -0.121. The van der Waals surface area contributed by atoms with Gasteiger partial charge in [-0.3, -0.25) is 24.2 Å². The molecule has 0 saturated carbocycles. The molecule has 0 radical (unpaired) electrons. The van der Waals surface area contributed by atoms with E-state index in [1.807, 2.05) is 11.4 Å². The predicted molar refractivity (Wildman–Crippen MR) is 102 cm³/mol. The fourth-order valence-corrected chi connectivity index (χ4v) is 3.94. The van der Waals surface area contributed by atoms with Crippen molar-refractivity contribution in [3.05, 3.63) is 64.5 Å². The fraction of sp³-hybridized carbons (Fsp3) is 0.100. The number of hydrogen-bond donors (Lipinski definition) is 0. The molecule has 0 spiro atoms. The minimum absolute atomic E-state index is 0.147. The molecule has 0 saturated heterocycles. The van der Waals surface area contributed by atoms with E-state index in [-0.39, 0.29) is 19.2 Å². The summed E-state index contributed by atoms with van der Waals surface area (Å²) in [6.07, 6.45) is 0. The van der Waals surface area contributed by atoms with Crippen LogP contribution in [-0.2, 0) is 4.79 Å². The molecule has 0 fully saturated rings. The number of aromatic nitrogens is 1. The van der Waals surface area contributed by atoms with Gasteiger partial charge in [-0.25, -0.2) is 4.98 Å². The van der Waals surface area contributed by atoms with Crippen molar-refractivity contribution in [2.45, 2.75) is 0 Å². The van der Waals surface area contributed by atoms with E-state index in [1.165, 1.54) is 16.2 Å². The van der Waals surface area contributed by atoms with Gasteiger partial charge in [-0.05, 0) is 30.3 Å². The van der Waals surface area contributed by atoms with E-state index in [4.69, 9.17) is 4.74 Å². The van der Waals surface area contributed by atoms with Crippen LogP contribution >= 0.6 is 11.3 Å². The van der Waals surface area contributed by atoms with Gasteiger partial charge in [0.1, 0.15) is 12.4 Å². The van der Waals surface area contributed by atoms with E-state index in [0.29, 0.717) is 22.6 Å². The number of fused-ring (bicyclic) bond motifs is 2. The summed E-state index contributed by atoms with van der Waals surface area (Å²) in [5, 5.41) is 1.90.